The average Bonchev–Trinajstić information content (AvgIpc) is 2.64. The van der Waals surface area contributed by atoms with Crippen LogP contribution in [0.3, 0.4) is 0 Å². The fraction of sp³-hybridized carbons (Fsp3) is 0.273. The minimum Gasteiger partial charge on any atom is -0.324 e. The van der Waals surface area contributed by atoms with Crippen LogP contribution in [0.5, 0.6) is 0 Å². The Bertz CT molecular complexity index is 480. The molecule has 1 heterocycles. The maximum atomic E-state index is 6.11. The Hall–Kier alpha value is -1.20. The molecule has 0 saturated heterocycles. The van der Waals surface area contributed by atoms with Crippen LogP contribution in [0.2, 0.25) is 0 Å². The molecule has 16 heavy (non-hydrogen) atoms. The fourth-order valence-electron chi connectivity index (χ4n) is 1.57. The van der Waals surface area contributed by atoms with E-state index in [-0.39, 0.29) is 6.04 Å². The molecule has 0 fully saturated rings. The Morgan fingerprint density at radius 3 is 2.94 bits per heavy atom. The van der Waals surface area contributed by atoms with Crippen LogP contribution in [0.25, 0.3) is 0 Å². The first-order valence-corrected chi connectivity index (χ1v) is 5.80. The Morgan fingerprint density at radius 2 is 2.31 bits per heavy atom. The van der Waals surface area contributed by atoms with Gasteiger partial charge in [-0.3, -0.25) is 4.68 Å². The maximum Gasteiger partial charge on any atom is 0.0845 e. The highest BCUT2D eigenvalue weighted by Gasteiger charge is 2.09. The zero-order chi connectivity index (χ0) is 11.5. The van der Waals surface area contributed by atoms with Crippen molar-refractivity contribution in [3.8, 4) is 0 Å². The molecule has 5 heteroatoms. The number of aromatic nitrogens is 3. The van der Waals surface area contributed by atoms with E-state index in [0.29, 0.717) is 6.42 Å². The smallest absolute Gasteiger partial charge is 0.0845 e. The Morgan fingerprint density at radius 1 is 1.50 bits per heavy atom. The molecule has 0 amide bonds. The normalized spacial score (nSPS) is 12.7. The van der Waals surface area contributed by atoms with E-state index in [1.165, 1.54) is 0 Å². The van der Waals surface area contributed by atoms with Gasteiger partial charge < -0.3 is 5.73 Å². The van der Waals surface area contributed by atoms with Crippen molar-refractivity contribution in [1.82, 2.24) is 15.0 Å². The SMILES string of the molecule is Cn1cc(CC(N)c2cccc(Br)c2)nn1. The second-order valence-corrected chi connectivity index (χ2v) is 4.66. The van der Waals surface area contributed by atoms with E-state index in [0.717, 1.165) is 15.7 Å². The van der Waals surface area contributed by atoms with Crippen LogP contribution in [-0.2, 0) is 13.5 Å². The first-order valence-electron chi connectivity index (χ1n) is 5.01. The summed E-state index contributed by atoms with van der Waals surface area (Å²) in [6.45, 7) is 0. The van der Waals surface area contributed by atoms with Crippen molar-refractivity contribution < 1.29 is 0 Å². The van der Waals surface area contributed by atoms with Gasteiger partial charge in [-0.15, -0.1) is 5.10 Å². The molecule has 0 aliphatic heterocycles. The summed E-state index contributed by atoms with van der Waals surface area (Å²) in [6.07, 6.45) is 2.59. The van der Waals surface area contributed by atoms with E-state index < -0.39 is 0 Å². The highest BCUT2D eigenvalue weighted by molar-refractivity contribution is 9.10. The molecule has 84 valence electrons. The largest absolute Gasteiger partial charge is 0.324 e. The quantitative estimate of drug-likeness (QED) is 0.933. The second kappa shape index (κ2) is 4.76. The van der Waals surface area contributed by atoms with Gasteiger partial charge in [0, 0.05) is 30.2 Å². The molecule has 1 aromatic carbocycles. The molecule has 0 spiro atoms. The van der Waals surface area contributed by atoms with E-state index in [9.17, 15) is 0 Å². The zero-order valence-electron chi connectivity index (χ0n) is 8.97. The molecule has 2 aromatic rings. The van der Waals surface area contributed by atoms with Crippen LogP contribution in [0.15, 0.2) is 34.9 Å². The lowest BCUT2D eigenvalue weighted by Crippen LogP contribution is -2.13. The summed E-state index contributed by atoms with van der Waals surface area (Å²) < 4.78 is 2.72. The van der Waals surface area contributed by atoms with Gasteiger partial charge in [0.05, 0.1) is 5.69 Å². The standard InChI is InChI=1S/C11H13BrN4/c1-16-7-10(14-15-16)6-11(13)8-3-2-4-9(12)5-8/h2-5,7,11H,6,13H2,1H3. The number of aryl methyl sites for hydroxylation is 1. The van der Waals surface area contributed by atoms with Crippen LogP contribution in [0.4, 0.5) is 0 Å². The number of nitrogens with zero attached hydrogens (tertiary/aromatic N) is 3. The summed E-state index contributed by atoms with van der Waals surface area (Å²) in [4.78, 5) is 0. The van der Waals surface area contributed by atoms with E-state index >= 15 is 0 Å². The van der Waals surface area contributed by atoms with Gasteiger partial charge in [-0.05, 0) is 17.7 Å². The summed E-state index contributed by atoms with van der Waals surface area (Å²) in [5, 5.41) is 7.91. The maximum absolute atomic E-state index is 6.11. The van der Waals surface area contributed by atoms with Gasteiger partial charge >= 0.3 is 0 Å². The molecular weight excluding hydrogens is 268 g/mol. The van der Waals surface area contributed by atoms with Gasteiger partial charge in [-0.1, -0.05) is 33.3 Å². The number of benzene rings is 1. The van der Waals surface area contributed by atoms with Crippen LogP contribution in [0, 0.1) is 0 Å². The molecule has 1 atom stereocenters. The van der Waals surface area contributed by atoms with Crippen molar-refractivity contribution >= 4 is 15.9 Å². The Kier molecular flexibility index (Phi) is 3.36. The first-order chi connectivity index (χ1) is 7.65. The third kappa shape index (κ3) is 2.68. The summed E-state index contributed by atoms with van der Waals surface area (Å²) >= 11 is 3.43. The van der Waals surface area contributed by atoms with Crippen molar-refractivity contribution in [3.63, 3.8) is 0 Å². The average molecular weight is 281 g/mol. The second-order valence-electron chi connectivity index (χ2n) is 3.75. The van der Waals surface area contributed by atoms with Gasteiger partial charge in [0.2, 0.25) is 0 Å². The zero-order valence-corrected chi connectivity index (χ0v) is 10.6. The molecule has 0 aliphatic rings. The van der Waals surface area contributed by atoms with Gasteiger partial charge in [0.1, 0.15) is 0 Å². The third-order valence-electron chi connectivity index (χ3n) is 2.36. The lowest BCUT2D eigenvalue weighted by molar-refractivity contribution is 0.693. The van der Waals surface area contributed by atoms with Crippen LogP contribution >= 0.6 is 15.9 Å². The molecule has 0 radical (unpaired) electrons. The highest BCUT2D eigenvalue weighted by Crippen LogP contribution is 2.18. The summed E-state index contributed by atoms with van der Waals surface area (Å²) in [6, 6.07) is 7.97. The number of rotatable bonds is 3. The van der Waals surface area contributed by atoms with Crippen molar-refractivity contribution in [2.75, 3.05) is 0 Å². The Balaban J connectivity index is 2.11. The predicted molar refractivity (Wildman–Crippen MR) is 65.8 cm³/mol. The van der Waals surface area contributed by atoms with E-state index in [4.69, 9.17) is 5.73 Å². The van der Waals surface area contributed by atoms with Gasteiger partial charge in [-0.2, -0.15) is 0 Å². The molecular formula is C11H13BrN4. The number of halogens is 1. The minimum atomic E-state index is -0.0470. The molecule has 2 N–H and O–H groups in total. The lowest BCUT2D eigenvalue weighted by atomic mass is 10.0. The minimum absolute atomic E-state index is 0.0470. The number of hydrogen-bond acceptors (Lipinski definition) is 3. The van der Waals surface area contributed by atoms with Crippen molar-refractivity contribution in [2.45, 2.75) is 12.5 Å². The van der Waals surface area contributed by atoms with Gasteiger partial charge in [-0.25, -0.2) is 0 Å². The topological polar surface area (TPSA) is 56.7 Å². The predicted octanol–water partition coefficient (Wildman–Crippen LogP) is 1.82. The number of nitrogens with two attached hydrogens (primary N) is 1. The molecule has 4 nitrogen and oxygen atoms in total. The summed E-state index contributed by atoms with van der Waals surface area (Å²) in [5.41, 5.74) is 8.12. The van der Waals surface area contributed by atoms with Crippen LogP contribution in [-0.4, -0.2) is 15.0 Å². The van der Waals surface area contributed by atoms with E-state index in [1.54, 1.807) is 4.68 Å². The number of hydrogen-bond donors (Lipinski definition) is 1. The van der Waals surface area contributed by atoms with Gasteiger partial charge in [0.15, 0.2) is 0 Å². The highest BCUT2D eigenvalue weighted by atomic mass is 79.9. The van der Waals surface area contributed by atoms with Crippen molar-refractivity contribution in [3.05, 3.63) is 46.2 Å². The van der Waals surface area contributed by atoms with Crippen LogP contribution < -0.4 is 5.73 Å². The van der Waals surface area contributed by atoms with Gasteiger partial charge in [0.25, 0.3) is 0 Å². The van der Waals surface area contributed by atoms with Crippen molar-refractivity contribution in [1.29, 1.82) is 0 Å². The third-order valence-corrected chi connectivity index (χ3v) is 2.85. The van der Waals surface area contributed by atoms with Crippen molar-refractivity contribution in [2.24, 2.45) is 12.8 Å². The van der Waals surface area contributed by atoms with E-state index in [2.05, 4.69) is 26.2 Å². The molecule has 0 bridgehead atoms. The first kappa shape index (κ1) is 11.3. The summed E-state index contributed by atoms with van der Waals surface area (Å²) in [7, 11) is 1.85. The van der Waals surface area contributed by atoms with E-state index in [1.807, 2.05) is 37.5 Å². The fourth-order valence-corrected chi connectivity index (χ4v) is 1.99. The molecule has 2 rings (SSSR count). The molecule has 1 unspecified atom stereocenters. The molecule has 0 aliphatic carbocycles. The lowest BCUT2D eigenvalue weighted by Gasteiger charge is -2.10. The van der Waals surface area contributed by atoms with Crippen LogP contribution in [0.1, 0.15) is 17.3 Å². The molecule has 0 saturated carbocycles. The summed E-state index contributed by atoms with van der Waals surface area (Å²) in [5.74, 6) is 0. The molecule has 1 aromatic heterocycles. The monoisotopic (exact) mass is 280 g/mol. The Labute approximate surface area is 103 Å².